The number of allylic oxidation sites excluding steroid dienone is 8. The van der Waals surface area contributed by atoms with Crippen LogP contribution in [-0.2, 0) is 33.2 Å². The van der Waals surface area contributed by atoms with Gasteiger partial charge in [-0.2, -0.15) is 0 Å². The van der Waals surface area contributed by atoms with Crippen molar-refractivity contribution in [1.82, 2.24) is 5.32 Å². The number of amides is 1. The van der Waals surface area contributed by atoms with Gasteiger partial charge in [0.2, 0.25) is 5.91 Å². The minimum Gasteiger partial charge on any atom is -0.394 e. The number of aliphatic hydroxyl groups is 11. The van der Waals surface area contributed by atoms with Crippen LogP contribution in [0.4, 0.5) is 0 Å². The molecular weight excluding hydrogens is 1260 g/mol. The van der Waals surface area contributed by atoms with Gasteiger partial charge >= 0.3 is 0 Å². The van der Waals surface area contributed by atoms with Gasteiger partial charge in [0.25, 0.3) is 0 Å². The molecule has 1 amide bonds. The van der Waals surface area contributed by atoms with E-state index in [-0.39, 0.29) is 18.9 Å². The molecule has 3 fully saturated rings. The van der Waals surface area contributed by atoms with E-state index in [1.807, 2.05) is 0 Å². The van der Waals surface area contributed by atoms with E-state index in [9.17, 15) is 61.0 Å². The third-order valence-electron chi connectivity index (χ3n) is 20.2. The van der Waals surface area contributed by atoms with E-state index in [2.05, 4.69) is 67.8 Å². The Morgan fingerprint density at radius 2 is 0.697 bits per heavy atom. The summed E-state index contributed by atoms with van der Waals surface area (Å²) in [6.45, 7) is 1.72. The molecule has 3 aliphatic heterocycles. The van der Waals surface area contributed by atoms with Gasteiger partial charge in [-0.25, -0.2) is 0 Å². The Hall–Kier alpha value is -2.25. The number of ether oxygens (including phenoxy) is 6. The Morgan fingerprint density at radius 3 is 1.09 bits per heavy atom. The van der Waals surface area contributed by atoms with Gasteiger partial charge in [-0.3, -0.25) is 4.79 Å². The number of carbonyl (C=O) groups excluding carboxylic acids is 1. The smallest absolute Gasteiger partial charge is 0.220 e. The predicted octanol–water partition coefficient (Wildman–Crippen LogP) is 13.3. The molecule has 19 heteroatoms. The van der Waals surface area contributed by atoms with Crippen molar-refractivity contribution in [2.75, 3.05) is 26.4 Å². The van der Waals surface area contributed by atoms with Crippen LogP contribution >= 0.6 is 0 Å². The molecule has 17 atom stereocenters. The molecule has 0 aromatic rings. The fourth-order valence-electron chi connectivity index (χ4n) is 13.7. The molecular formula is C80H147NO18. The Labute approximate surface area is 599 Å². The number of rotatable bonds is 64. The first-order valence-corrected chi connectivity index (χ1v) is 40.4. The average Bonchev–Trinajstić information content (AvgIpc) is 0.784. The van der Waals surface area contributed by atoms with E-state index in [1.54, 1.807) is 0 Å². The first-order valence-electron chi connectivity index (χ1n) is 40.4. The molecule has 0 spiro atoms. The molecule has 0 aromatic carbocycles. The maximum absolute atomic E-state index is 13.5. The van der Waals surface area contributed by atoms with E-state index < -0.39 is 124 Å². The predicted molar refractivity (Wildman–Crippen MR) is 392 cm³/mol. The van der Waals surface area contributed by atoms with Crippen LogP contribution in [0, 0.1) is 0 Å². The third-order valence-corrected chi connectivity index (χ3v) is 20.2. The van der Waals surface area contributed by atoms with Crippen molar-refractivity contribution in [2.24, 2.45) is 0 Å². The summed E-state index contributed by atoms with van der Waals surface area (Å²) in [5.74, 6) is -0.248. The third kappa shape index (κ3) is 41.3. The summed E-state index contributed by atoms with van der Waals surface area (Å²) in [6.07, 6.45) is 49.2. The van der Waals surface area contributed by atoms with Gasteiger partial charge in [-0.1, -0.05) is 313 Å². The highest BCUT2D eigenvalue weighted by Gasteiger charge is 2.54. The van der Waals surface area contributed by atoms with Crippen molar-refractivity contribution in [3.63, 3.8) is 0 Å². The molecule has 3 rings (SSSR count). The molecule has 12 N–H and O–H groups in total. The van der Waals surface area contributed by atoms with Crippen LogP contribution in [0.5, 0.6) is 0 Å². The van der Waals surface area contributed by atoms with Crippen LogP contribution in [0.15, 0.2) is 48.6 Å². The largest absolute Gasteiger partial charge is 0.394 e. The zero-order valence-electron chi connectivity index (χ0n) is 62.0. The lowest BCUT2D eigenvalue weighted by Gasteiger charge is -2.48. The molecule has 0 radical (unpaired) electrons. The van der Waals surface area contributed by atoms with Crippen LogP contribution in [0.25, 0.3) is 0 Å². The Kier molecular flexibility index (Phi) is 56.0. The second-order valence-electron chi connectivity index (χ2n) is 28.9. The first kappa shape index (κ1) is 91.0. The van der Waals surface area contributed by atoms with Gasteiger partial charge in [0.05, 0.1) is 38.6 Å². The number of aliphatic hydroxyl groups excluding tert-OH is 11. The summed E-state index contributed by atoms with van der Waals surface area (Å²) in [5, 5.41) is 121. The minimum atomic E-state index is -1.98. The molecule has 3 aliphatic rings. The van der Waals surface area contributed by atoms with Crippen molar-refractivity contribution < 1.29 is 89.4 Å². The monoisotopic (exact) mass is 1410 g/mol. The standard InChI is InChI=1S/C80H147NO18/c1-3-5-7-9-11-13-15-17-19-21-23-25-26-27-28-29-30-31-32-33-34-35-36-38-39-41-43-45-47-49-51-53-55-57-64(85)63(81-68(86)58-56-54-52-50-48-46-44-42-40-37-24-22-20-18-16-14-12-10-8-6-4-2)62-94-78-74(92)71(89)76(66(60-83)96-78)99-80-75(93)72(90)77(67(61-84)97-80)98-79-73(91)70(88)69(87)65(59-82)95-79/h6,8,12,14,18,20,24,37,63-67,69-80,82-85,87-93H,3-5,7,9-11,13,15-17,19,21-23,25-36,38-62H2,1-2H3,(H,81,86)/b8-6-,14-12-,20-18-,37-24-. The summed E-state index contributed by atoms with van der Waals surface area (Å²) in [6, 6.07) is -0.896. The van der Waals surface area contributed by atoms with Gasteiger partial charge in [0.1, 0.15) is 73.2 Å². The molecule has 99 heavy (non-hydrogen) atoms. The topological polar surface area (TPSA) is 307 Å². The highest BCUT2D eigenvalue weighted by Crippen LogP contribution is 2.33. The van der Waals surface area contributed by atoms with Crippen LogP contribution in [-0.4, -0.2) is 193 Å². The molecule has 0 aliphatic carbocycles. The number of hydrogen-bond acceptors (Lipinski definition) is 18. The van der Waals surface area contributed by atoms with Crippen LogP contribution in [0.3, 0.4) is 0 Å². The van der Waals surface area contributed by atoms with Gasteiger partial charge < -0.3 is 89.9 Å². The first-order chi connectivity index (χ1) is 48.3. The van der Waals surface area contributed by atoms with Gasteiger partial charge in [0, 0.05) is 6.42 Å². The maximum atomic E-state index is 13.5. The van der Waals surface area contributed by atoms with Crippen LogP contribution in [0.2, 0.25) is 0 Å². The van der Waals surface area contributed by atoms with Gasteiger partial charge in [-0.05, 0) is 51.4 Å². The second kappa shape index (κ2) is 61.0. The van der Waals surface area contributed by atoms with Crippen molar-refractivity contribution in [2.45, 2.75) is 426 Å². The van der Waals surface area contributed by atoms with Gasteiger partial charge in [0.15, 0.2) is 18.9 Å². The van der Waals surface area contributed by atoms with E-state index >= 15 is 0 Å². The lowest BCUT2D eigenvalue weighted by Crippen LogP contribution is -2.66. The van der Waals surface area contributed by atoms with Crippen molar-refractivity contribution in [3.05, 3.63) is 48.6 Å². The Balaban J connectivity index is 1.35. The lowest BCUT2D eigenvalue weighted by atomic mass is 9.96. The highest BCUT2D eigenvalue weighted by atomic mass is 16.8. The Morgan fingerprint density at radius 1 is 0.374 bits per heavy atom. The molecule has 17 unspecified atom stereocenters. The molecule has 3 saturated heterocycles. The average molecular weight is 1410 g/mol. The van der Waals surface area contributed by atoms with Crippen molar-refractivity contribution in [3.8, 4) is 0 Å². The summed E-state index contributed by atoms with van der Waals surface area (Å²) in [4.78, 5) is 13.5. The van der Waals surface area contributed by atoms with Crippen LogP contribution < -0.4 is 5.32 Å². The summed E-state index contributed by atoms with van der Waals surface area (Å²) in [5.41, 5.74) is 0. The number of hydrogen-bond donors (Lipinski definition) is 12. The molecule has 580 valence electrons. The van der Waals surface area contributed by atoms with Crippen molar-refractivity contribution in [1.29, 1.82) is 0 Å². The number of unbranched alkanes of at least 4 members (excludes halogenated alkanes) is 40. The summed E-state index contributed by atoms with van der Waals surface area (Å²) < 4.78 is 34.5. The number of carbonyl (C=O) groups is 1. The normalized spacial score (nSPS) is 26.8. The summed E-state index contributed by atoms with van der Waals surface area (Å²) in [7, 11) is 0. The van der Waals surface area contributed by atoms with E-state index in [0.29, 0.717) is 12.8 Å². The zero-order valence-corrected chi connectivity index (χ0v) is 62.0. The van der Waals surface area contributed by atoms with E-state index in [0.717, 1.165) is 83.5 Å². The fraction of sp³-hybridized carbons (Fsp3) is 0.887. The maximum Gasteiger partial charge on any atom is 0.220 e. The summed E-state index contributed by atoms with van der Waals surface area (Å²) >= 11 is 0. The molecule has 0 aromatic heterocycles. The fourth-order valence-corrected chi connectivity index (χ4v) is 13.7. The van der Waals surface area contributed by atoms with E-state index in [1.165, 1.54) is 205 Å². The van der Waals surface area contributed by atoms with Crippen molar-refractivity contribution >= 4 is 5.91 Å². The lowest BCUT2D eigenvalue weighted by molar-refractivity contribution is -0.379. The zero-order chi connectivity index (χ0) is 71.8. The molecule has 0 bridgehead atoms. The highest BCUT2D eigenvalue weighted by molar-refractivity contribution is 5.76. The minimum absolute atomic E-state index is 0.248. The van der Waals surface area contributed by atoms with E-state index in [4.69, 9.17) is 28.4 Å². The molecule has 0 saturated carbocycles. The second-order valence-corrected chi connectivity index (χ2v) is 28.9. The van der Waals surface area contributed by atoms with Gasteiger partial charge in [-0.15, -0.1) is 0 Å². The Bertz CT molecular complexity index is 1980. The quantitative estimate of drug-likeness (QED) is 0.0199. The molecule has 3 heterocycles. The molecule has 19 nitrogen and oxygen atoms in total. The SMILES string of the molecule is CC/C=C\C/C=C\C/C=C\C/C=C\CCCCCCCCCCC(=O)NC(COC1OC(CO)C(OC2OC(CO)C(OC3OC(CO)C(O)C(O)C3O)C(O)C2O)C(O)C1O)C(O)CCCCCCCCCCCCCCCCCCCCCCCCCCCCCCCCCCC. The van der Waals surface area contributed by atoms with Crippen LogP contribution in [0.1, 0.15) is 322 Å². The number of nitrogens with one attached hydrogen (secondary N) is 1.